The van der Waals surface area contributed by atoms with Crippen molar-refractivity contribution >= 4 is 5.91 Å². The zero-order chi connectivity index (χ0) is 18.4. The number of amides is 1. The van der Waals surface area contributed by atoms with E-state index in [0.29, 0.717) is 42.3 Å². The summed E-state index contributed by atoms with van der Waals surface area (Å²) in [4.78, 5) is 16.4. The van der Waals surface area contributed by atoms with Gasteiger partial charge in [0.05, 0.1) is 13.2 Å². The third-order valence-corrected chi connectivity index (χ3v) is 3.83. The Labute approximate surface area is 146 Å². The van der Waals surface area contributed by atoms with Crippen LogP contribution in [-0.4, -0.2) is 23.2 Å². The fourth-order valence-electron chi connectivity index (χ4n) is 2.44. The van der Waals surface area contributed by atoms with Crippen LogP contribution >= 0.6 is 0 Å². The normalized spacial score (nSPS) is 12.2. The molecular formula is C18H24FN3O3. The number of carbonyl (C=O) groups is 1. The molecule has 1 aromatic carbocycles. The summed E-state index contributed by atoms with van der Waals surface area (Å²) in [6.45, 7) is 5.77. The van der Waals surface area contributed by atoms with Gasteiger partial charge in [-0.25, -0.2) is 4.39 Å². The number of aromatic nitrogens is 2. The molecule has 1 atom stereocenters. The molecule has 25 heavy (non-hydrogen) atoms. The molecule has 0 saturated carbocycles. The average Bonchev–Trinajstić information content (AvgIpc) is 3.04. The van der Waals surface area contributed by atoms with E-state index in [1.165, 1.54) is 19.2 Å². The van der Waals surface area contributed by atoms with Gasteiger partial charge in [-0.05, 0) is 31.5 Å². The minimum atomic E-state index is -0.366. The van der Waals surface area contributed by atoms with Crippen LogP contribution in [0.4, 0.5) is 4.39 Å². The maximum Gasteiger partial charge on any atom is 0.226 e. The number of rotatable bonds is 8. The second-order valence-corrected chi connectivity index (χ2v) is 6.23. The highest BCUT2D eigenvalue weighted by Crippen LogP contribution is 2.25. The van der Waals surface area contributed by atoms with Crippen LogP contribution in [0.25, 0.3) is 0 Å². The van der Waals surface area contributed by atoms with Crippen molar-refractivity contribution in [3.8, 4) is 5.75 Å². The molecule has 6 nitrogen and oxygen atoms in total. The monoisotopic (exact) mass is 349 g/mol. The van der Waals surface area contributed by atoms with Gasteiger partial charge in [-0.3, -0.25) is 4.79 Å². The van der Waals surface area contributed by atoms with Crippen molar-refractivity contribution in [2.24, 2.45) is 0 Å². The number of hydrogen-bond donors (Lipinski definition) is 1. The van der Waals surface area contributed by atoms with Crippen molar-refractivity contribution in [2.45, 2.75) is 52.0 Å². The summed E-state index contributed by atoms with van der Waals surface area (Å²) in [5.74, 6) is 1.48. The summed E-state index contributed by atoms with van der Waals surface area (Å²) in [5, 5.41) is 6.75. The fraction of sp³-hybridized carbons (Fsp3) is 0.500. The number of ether oxygens (including phenoxy) is 1. The molecule has 0 spiro atoms. The molecule has 136 valence electrons. The van der Waals surface area contributed by atoms with Crippen molar-refractivity contribution < 1.29 is 18.4 Å². The molecule has 1 amide bonds. The molecule has 0 aliphatic carbocycles. The molecule has 0 unspecified atom stereocenters. The lowest BCUT2D eigenvalue weighted by Gasteiger charge is -2.17. The Morgan fingerprint density at radius 1 is 1.36 bits per heavy atom. The Kier molecular flexibility index (Phi) is 6.50. The summed E-state index contributed by atoms with van der Waals surface area (Å²) in [6, 6.07) is 3.89. The number of nitrogens with zero attached hydrogens (tertiary/aromatic N) is 2. The van der Waals surface area contributed by atoms with E-state index >= 15 is 0 Å². The summed E-state index contributed by atoms with van der Waals surface area (Å²) in [5.41, 5.74) is 0.606. The number of halogens is 1. The van der Waals surface area contributed by atoms with Crippen molar-refractivity contribution in [2.75, 3.05) is 7.11 Å². The summed E-state index contributed by atoms with van der Waals surface area (Å²) >= 11 is 0. The zero-order valence-electron chi connectivity index (χ0n) is 15.0. The SMILES string of the molecule is COc1ccc(F)cc1[C@@H](C)NC(=O)CCCc1nc(C(C)C)no1. The lowest BCUT2D eigenvalue weighted by Crippen LogP contribution is -2.26. The fourth-order valence-corrected chi connectivity index (χ4v) is 2.44. The van der Waals surface area contributed by atoms with E-state index in [4.69, 9.17) is 9.26 Å². The van der Waals surface area contributed by atoms with Crippen LogP contribution in [-0.2, 0) is 11.2 Å². The number of benzene rings is 1. The van der Waals surface area contributed by atoms with E-state index in [2.05, 4.69) is 15.5 Å². The molecule has 0 aliphatic heterocycles. The Hall–Kier alpha value is -2.44. The molecule has 0 fully saturated rings. The van der Waals surface area contributed by atoms with Crippen LogP contribution < -0.4 is 10.1 Å². The topological polar surface area (TPSA) is 77.2 Å². The number of aryl methyl sites for hydroxylation is 1. The van der Waals surface area contributed by atoms with Crippen LogP contribution in [0.1, 0.15) is 62.9 Å². The van der Waals surface area contributed by atoms with Gasteiger partial charge in [0.2, 0.25) is 11.8 Å². The molecular weight excluding hydrogens is 325 g/mol. The van der Waals surface area contributed by atoms with Gasteiger partial charge in [-0.1, -0.05) is 19.0 Å². The molecule has 1 N–H and O–H groups in total. The molecule has 0 radical (unpaired) electrons. The highest BCUT2D eigenvalue weighted by molar-refractivity contribution is 5.76. The van der Waals surface area contributed by atoms with Crippen LogP contribution in [0.5, 0.6) is 5.75 Å². The molecule has 1 aromatic heterocycles. The highest BCUT2D eigenvalue weighted by atomic mass is 19.1. The van der Waals surface area contributed by atoms with Gasteiger partial charge in [0.1, 0.15) is 11.6 Å². The van der Waals surface area contributed by atoms with E-state index in [1.54, 1.807) is 13.0 Å². The average molecular weight is 349 g/mol. The minimum absolute atomic E-state index is 0.123. The Balaban J connectivity index is 1.84. The predicted octanol–water partition coefficient (Wildman–Crippen LogP) is 3.54. The summed E-state index contributed by atoms with van der Waals surface area (Å²) in [7, 11) is 1.51. The van der Waals surface area contributed by atoms with Gasteiger partial charge >= 0.3 is 0 Å². The maximum absolute atomic E-state index is 13.4. The lowest BCUT2D eigenvalue weighted by atomic mass is 10.1. The Morgan fingerprint density at radius 3 is 2.76 bits per heavy atom. The molecule has 7 heteroatoms. The molecule has 0 bridgehead atoms. The van der Waals surface area contributed by atoms with E-state index in [9.17, 15) is 9.18 Å². The largest absolute Gasteiger partial charge is 0.496 e. The van der Waals surface area contributed by atoms with Crippen molar-refractivity contribution in [1.29, 1.82) is 0 Å². The predicted molar refractivity (Wildman–Crippen MR) is 90.8 cm³/mol. The van der Waals surface area contributed by atoms with Gasteiger partial charge in [-0.2, -0.15) is 4.98 Å². The maximum atomic E-state index is 13.4. The third-order valence-electron chi connectivity index (χ3n) is 3.83. The van der Waals surface area contributed by atoms with Gasteiger partial charge in [-0.15, -0.1) is 0 Å². The summed E-state index contributed by atoms with van der Waals surface area (Å²) < 4.78 is 23.8. The number of nitrogens with one attached hydrogen (secondary N) is 1. The van der Waals surface area contributed by atoms with Crippen LogP contribution in [0.15, 0.2) is 22.7 Å². The molecule has 1 heterocycles. The second-order valence-electron chi connectivity index (χ2n) is 6.23. The standard InChI is InChI=1S/C18H24FN3O3/c1-11(2)18-21-17(25-22-18)7-5-6-16(23)20-12(3)14-10-13(19)8-9-15(14)24-4/h8-12H,5-7H2,1-4H3,(H,20,23)/t12-/m1/s1. The van der Waals surface area contributed by atoms with Crippen LogP contribution in [0.2, 0.25) is 0 Å². The number of hydrogen-bond acceptors (Lipinski definition) is 5. The van der Waals surface area contributed by atoms with Crippen LogP contribution in [0.3, 0.4) is 0 Å². The third kappa shape index (κ3) is 5.27. The zero-order valence-corrected chi connectivity index (χ0v) is 15.0. The van der Waals surface area contributed by atoms with E-state index in [-0.39, 0.29) is 23.7 Å². The van der Waals surface area contributed by atoms with Gasteiger partial charge in [0, 0.05) is 24.3 Å². The van der Waals surface area contributed by atoms with Gasteiger partial charge in [0.25, 0.3) is 0 Å². The first-order chi connectivity index (χ1) is 11.9. The minimum Gasteiger partial charge on any atom is -0.496 e. The molecule has 2 rings (SSSR count). The van der Waals surface area contributed by atoms with E-state index in [0.717, 1.165) is 0 Å². The molecule has 0 saturated heterocycles. The van der Waals surface area contributed by atoms with Crippen molar-refractivity contribution in [3.63, 3.8) is 0 Å². The first-order valence-corrected chi connectivity index (χ1v) is 8.36. The van der Waals surface area contributed by atoms with E-state index in [1.807, 2.05) is 13.8 Å². The highest BCUT2D eigenvalue weighted by Gasteiger charge is 2.15. The second kappa shape index (κ2) is 8.60. The Bertz CT molecular complexity index is 715. The quantitative estimate of drug-likeness (QED) is 0.789. The molecule has 2 aromatic rings. The first-order valence-electron chi connectivity index (χ1n) is 8.36. The molecule has 0 aliphatic rings. The van der Waals surface area contributed by atoms with Gasteiger partial charge in [0.15, 0.2) is 5.82 Å². The lowest BCUT2D eigenvalue weighted by molar-refractivity contribution is -0.121. The van der Waals surface area contributed by atoms with Gasteiger partial charge < -0.3 is 14.6 Å². The smallest absolute Gasteiger partial charge is 0.226 e. The summed E-state index contributed by atoms with van der Waals surface area (Å²) in [6.07, 6.45) is 1.46. The number of methoxy groups -OCH3 is 1. The van der Waals surface area contributed by atoms with Crippen molar-refractivity contribution in [3.05, 3.63) is 41.3 Å². The van der Waals surface area contributed by atoms with Crippen molar-refractivity contribution in [1.82, 2.24) is 15.5 Å². The first kappa shape index (κ1) is 18.9. The number of carbonyl (C=O) groups excluding carboxylic acids is 1. The van der Waals surface area contributed by atoms with E-state index < -0.39 is 0 Å². The van der Waals surface area contributed by atoms with Crippen LogP contribution in [0, 0.1) is 5.82 Å². The Morgan fingerprint density at radius 2 is 2.12 bits per heavy atom.